The van der Waals surface area contributed by atoms with Gasteiger partial charge in [-0.15, -0.1) is 0 Å². The van der Waals surface area contributed by atoms with E-state index in [9.17, 15) is 0 Å². The minimum atomic E-state index is 0.808. The van der Waals surface area contributed by atoms with Gasteiger partial charge < -0.3 is 9.47 Å². The average Bonchev–Trinajstić information content (AvgIpc) is 3.25. The van der Waals surface area contributed by atoms with E-state index in [1.807, 2.05) is 6.07 Å². The summed E-state index contributed by atoms with van der Waals surface area (Å²) in [6.45, 7) is 5.84. The first-order valence-corrected chi connectivity index (χ1v) is 9.44. The Morgan fingerprint density at radius 1 is 0.958 bits per heavy atom. The molecular formula is C20H30N2O2. The molecule has 4 nitrogen and oxygen atoms in total. The van der Waals surface area contributed by atoms with E-state index in [0.717, 1.165) is 35.9 Å². The first kappa shape index (κ1) is 16.2. The van der Waals surface area contributed by atoms with Crippen LogP contribution in [0.1, 0.15) is 31.2 Å². The van der Waals surface area contributed by atoms with E-state index < -0.39 is 0 Å². The summed E-state index contributed by atoms with van der Waals surface area (Å²) in [5.74, 6) is 3.69. The van der Waals surface area contributed by atoms with Crippen molar-refractivity contribution in [2.75, 3.05) is 40.4 Å². The number of fused-ring (bicyclic) bond motifs is 2. The maximum Gasteiger partial charge on any atom is 0.161 e. The molecule has 0 amide bonds. The van der Waals surface area contributed by atoms with Crippen LogP contribution in [-0.2, 0) is 6.54 Å². The van der Waals surface area contributed by atoms with Gasteiger partial charge in [0, 0.05) is 38.8 Å². The van der Waals surface area contributed by atoms with Crippen molar-refractivity contribution in [1.82, 2.24) is 9.80 Å². The number of nitrogens with zero attached hydrogens (tertiary/aromatic N) is 2. The highest BCUT2D eigenvalue weighted by Gasteiger charge is 2.42. The van der Waals surface area contributed by atoms with E-state index in [1.165, 1.54) is 57.4 Å². The Bertz CT molecular complexity index is 569. The molecule has 4 rings (SSSR count). The fourth-order valence-corrected chi connectivity index (χ4v) is 5.15. The lowest BCUT2D eigenvalue weighted by molar-refractivity contribution is 0.0679. The highest BCUT2D eigenvalue weighted by atomic mass is 16.5. The van der Waals surface area contributed by atoms with Crippen LogP contribution < -0.4 is 9.47 Å². The van der Waals surface area contributed by atoms with Crippen molar-refractivity contribution in [1.29, 1.82) is 0 Å². The molecule has 0 radical (unpaired) electrons. The van der Waals surface area contributed by atoms with Gasteiger partial charge in [0.25, 0.3) is 0 Å². The zero-order valence-corrected chi connectivity index (χ0v) is 15.0. The number of methoxy groups -OCH3 is 2. The molecule has 0 spiro atoms. The Morgan fingerprint density at radius 3 is 2.38 bits per heavy atom. The van der Waals surface area contributed by atoms with E-state index in [0.29, 0.717) is 0 Å². The van der Waals surface area contributed by atoms with Crippen LogP contribution in [0.3, 0.4) is 0 Å². The lowest BCUT2D eigenvalue weighted by Crippen LogP contribution is -2.51. The van der Waals surface area contributed by atoms with Crippen LogP contribution >= 0.6 is 0 Å². The topological polar surface area (TPSA) is 24.9 Å². The Labute approximate surface area is 145 Å². The Kier molecular flexibility index (Phi) is 4.68. The second-order valence-corrected chi connectivity index (χ2v) is 7.74. The summed E-state index contributed by atoms with van der Waals surface area (Å²) in [6, 6.07) is 7.18. The van der Waals surface area contributed by atoms with Crippen LogP contribution in [0.2, 0.25) is 0 Å². The van der Waals surface area contributed by atoms with Crippen molar-refractivity contribution in [3.63, 3.8) is 0 Å². The molecule has 3 aliphatic rings. The summed E-state index contributed by atoms with van der Waals surface area (Å²) < 4.78 is 10.8. The zero-order chi connectivity index (χ0) is 16.5. The quantitative estimate of drug-likeness (QED) is 0.828. The molecule has 0 N–H and O–H groups in total. The summed E-state index contributed by atoms with van der Waals surface area (Å²) in [7, 11) is 3.39. The Hall–Kier alpha value is -1.26. The molecule has 1 heterocycles. The molecule has 3 fully saturated rings. The summed E-state index contributed by atoms with van der Waals surface area (Å²) in [5.41, 5.74) is 1.31. The van der Waals surface area contributed by atoms with Gasteiger partial charge in [-0.1, -0.05) is 12.5 Å². The fraction of sp³-hybridized carbons (Fsp3) is 0.700. The standard InChI is InChI=1S/C20H30N2O2/c1-23-19-6-4-16(13-20(19)24-2)14-21-7-9-22(10-8-21)18-12-15-3-5-17(18)11-15/h4,6,13,15,17-18H,3,5,7-12,14H2,1-2H3/t15-,17-,18-/m1/s1. The first-order valence-electron chi connectivity index (χ1n) is 9.44. The average molecular weight is 330 g/mol. The predicted molar refractivity (Wildman–Crippen MR) is 95.6 cm³/mol. The summed E-state index contributed by atoms with van der Waals surface area (Å²) in [6.07, 6.45) is 5.97. The van der Waals surface area contributed by atoms with Crippen LogP contribution in [0, 0.1) is 11.8 Å². The number of hydrogen-bond acceptors (Lipinski definition) is 4. The first-order chi connectivity index (χ1) is 11.8. The third kappa shape index (κ3) is 3.14. The van der Waals surface area contributed by atoms with E-state index in [2.05, 4.69) is 21.9 Å². The van der Waals surface area contributed by atoms with Crippen molar-refractivity contribution in [2.45, 2.75) is 38.3 Å². The number of benzene rings is 1. The van der Waals surface area contributed by atoms with Crippen LogP contribution in [0.25, 0.3) is 0 Å². The second kappa shape index (κ2) is 6.93. The lowest BCUT2D eigenvalue weighted by atomic mass is 9.93. The van der Waals surface area contributed by atoms with Crippen molar-refractivity contribution < 1.29 is 9.47 Å². The smallest absolute Gasteiger partial charge is 0.161 e. The van der Waals surface area contributed by atoms with Crippen LogP contribution in [0.4, 0.5) is 0 Å². The van der Waals surface area contributed by atoms with Gasteiger partial charge in [-0.3, -0.25) is 9.80 Å². The van der Waals surface area contributed by atoms with Crippen LogP contribution in [0.5, 0.6) is 11.5 Å². The highest BCUT2D eigenvalue weighted by molar-refractivity contribution is 5.42. The molecule has 4 heteroatoms. The third-order valence-corrected chi connectivity index (χ3v) is 6.43. The summed E-state index contributed by atoms with van der Waals surface area (Å²) in [5, 5.41) is 0. The molecular weight excluding hydrogens is 300 g/mol. The van der Waals surface area contributed by atoms with Crippen molar-refractivity contribution in [2.24, 2.45) is 11.8 Å². The Morgan fingerprint density at radius 2 is 1.75 bits per heavy atom. The largest absolute Gasteiger partial charge is 0.493 e. The zero-order valence-electron chi connectivity index (χ0n) is 15.0. The monoisotopic (exact) mass is 330 g/mol. The van der Waals surface area contributed by atoms with Gasteiger partial charge in [0.15, 0.2) is 11.5 Å². The second-order valence-electron chi connectivity index (χ2n) is 7.74. The molecule has 1 aromatic rings. The van der Waals surface area contributed by atoms with Crippen LogP contribution in [-0.4, -0.2) is 56.2 Å². The number of ether oxygens (including phenoxy) is 2. The number of rotatable bonds is 5. The summed E-state index contributed by atoms with van der Waals surface area (Å²) in [4.78, 5) is 5.36. The number of hydrogen-bond donors (Lipinski definition) is 0. The molecule has 3 atom stereocenters. The van der Waals surface area contributed by atoms with Crippen molar-refractivity contribution in [3.8, 4) is 11.5 Å². The third-order valence-electron chi connectivity index (χ3n) is 6.43. The normalized spacial score (nSPS) is 30.7. The van der Waals surface area contributed by atoms with Gasteiger partial charge in [-0.2, -0.15) is 0 Å². The molecule has 1 saturated heterocycles. The summed E-state index contributed by atoms with van der Waals surface area (Å²) >= 11 is 0. The van der Waals surface area contributed by atoms with Gasteiger partial charge >= 0.3 is 0 Å². The van der Waals surface area contributed by atoms with Gasteiger partial charge in [-0.05, 0) is 48.8 Å². The Balaban J connectivity index is 1.32. The minimum absolute atomic E-state index is 0.808. The highest BCUT2D eigenvalue weighted by Crippen LogP contribution is 2.46. The molecule has 2 bridgehead atoms. The fourth-order valence-electron chi connectivity index (χ4n) is 5.15. The molecule has 0 unspecified atom stereocenters. The molecule has 24 heavy (non-hydrogen) atoms. The lowest BCUT2D eigenvalue weighted by Gasteiger charge is -2.41. The van der Waals surface area contributed by atoms with E-state index in [4.69, 9.17) is 9.47 Å². The number of piperazine rings is 1. The molecule has 2 saturated carbocycles. The van der Waals surface area contributed by atoms with Gasteiger partial charge in [0.05, 0.1) is 14.2 Å². The minimum Gasteiger partial charge on any atom is -0.493 e. The predicted octanol–water partition coefficient (Wildman–Crippen LogP) is 3.01. The van der Waals surface area contributed by atoms with E-state index in [1.54, 1.807) is 14.2 Å². The maximum atomic E-state index is 5.43. The molecule has 132 valence electrons. The van der Waals surface area contributed by atoms with Crippen molar-refractivity contribution in [3.05, 3.63) is 23.8 Å². The van der Waals surface area contributed by atoms with E-state index >= 15 is 0 Å². The molecule has 2 aliphatic carbocycles. The van der Waals surface area contributed by atoms with Gasteiger partial charge in [0.1, 0.15) is 0 Å². The SMILES string of the molecule is COc1ccc(CN2CCN([C@@H]3C[C@@H]4CC[C@@H]3C4)CC2)cc1OC. The van der Waals surface area contributed by atoms with Gasteiger partial charge in [0.2, 0.25) is 0 Å². The van der Waals surface area contributed by atoms with E-state index in [-0.39, 0.29) is 0 Å². The van der Waals surface area contributed by atoms with Crippen LogP contribution in [0.15, 0.2) is 18.2 Å². The molecule has 1 aromatic carbocycles. The maximum absolute atomic E-state index is 5.43. The van der Waals surface area contributed by atoms with Crippen molar-refractivity contribution >= 4 is 0 Å². The molecule has 1 aliphatic heterocycles. The molecule has 0 aromatic heterocycles. The van der Waals surface area contributed by atoms with Gasteiger partial charge in [-0.25, -0.2) is 0 Å².